The van der Waals surface area contributed by atoms with Crippen molar-refractivity contribution in [2.45, 2.75) is 39.9 Å². The smallest absolute Gasteiger partial charge is 0.322 e. The van der Waals surface area contributed by atoms with Crippen molar-refractivity contribution in [2.75, 3.05) is 5.32 Å². The summed E-state index contributed by atoms with van der Waals surface area (Å²) < 4.78 is 2.14. The Morgan fingerprint density at radius 3 is 2.37 bits per heavy atom. The maximum atomic E-state index is 12.9. The Bertz CT molecular complexity index is 1010. The van der Waals surface area contributed by atoms with E-state index in [9.17, 15) is 14.9 Å². The SMILES string of the molecule is Cc1ccc(Cn2cccc2CN(C(=O)Nc2ccc([N+](=O)[O-])cc2)C(C)C)cc1. The van der Waals surface area contributed by atoms with E-state index >= 15 is 0 Å². The minimum atomic E-state index is -0.464. The Hall–Kier alpha value is -3.61. The van der Waals surface area contributed by atoms with Crippen LogP contribution in [0.2, 0.25) is 0 Å². The minimum Gasteiger partial charge on any atom is -0.345 e. The van der Waals surface area contributed by atoms with Gasteiger partial charge in [-0.15, -0.1) is 0 Å². The number of nitrogens with zero attached hydrogens (tertiary/aromatic N) is 3. The van der Waals surface area contributed by atoms with Crippen molar-refractivity contribution >= 4 is 17.4 Å². The van der Waals surface area contributed by atoms with E-state index < -0.39 is 4.92 Å². The largest absolute Gasteiger partial charge is 0.345 e. The lowest BCUT2D eigenvalue weighted by atomic mass is 10.1. The van der Waals surface area contributed by atoms with Crippen LogP contribution in [0, 0.1) is 17.0 Å². The molecule has 30 heavy (non-hydrogen) atoms. The van der Waals surface area contributed by atoms with Gasteiger partial charge in [0.2, 0.25) is 0 Å². The number of hydrogen-bond acceptors (Lipinski definition) is 3. The highest BCUT2D eigenvalue weighted by molar-refractivity contribution is 5.89. The van der Waals surface area contributed by atoms with E-state index in [2.05, 4.69) is 41.1 Å². The zero-order chi connectivity index (χ0) is 21.7. The first kappa shape index (κ1) is 21.1. The van der Waals surface area contributed by atoms with Crippen LogP contribution >= 0.6 is 0 Å². The van der Waals surface area contributed by atoms with E-state index in [4.69, 9.17) is 0 Å². The summed E-state index contributed by atoms with van der Waals surface area (Å²) in [5, 5.41) is 13.6. The fourth-order valence-electron chi connectivity index (χ4n) is 3.16. The number of urea groups is 1. The van der Waals surface area contributed by atoms with Gasteiger partial charge in [0.1, 0.15) is 0 Å². The van der Waals surface area contributed by atoms with Crippen molar-refractivity contribution in [3.63, 3.8) is 0 Å². The number of aromatic nitrogens is 1. The molecule has 0 fully saturated rings. The van der Waals surface area contributed by atoms with Crippen LogP contribution < -0.4 is 5.32 Å². The number of anilines is 1. The molecule has 0 bridgehead atoms. The second-order valence-electron chi connectivity index (χ2n) is 7.57. The lowest BCUT2D eigenvalue weighted by Crippen LogP contribution is -2.40. The molecule has 2 amide bonds. The average molecular weight is 406 g/mol. The fraction of sp³-hybridized carbons (Fsp3) is 0.261. The zero-order valence-corrected chi connectivity index (χ0v) is 17.4. The highest BCUT2D eigenvalue weighted by Gasteiger charge is 2.19. The third-order valence-electron chi connectivity index (χ3n) is 4.94. The first-order chi connectivity index (χ1) is 14.3. The molecule has 0 radical (unpaired) electrons. The number of carbonyl (C=O) groups is 1. The molecule has 3 rings (SSSR count). The molecule has 0 saturated carbocycles. The Balaban J connectivity index is 1.71. The first-order valence-corrected chi connectivity index (χ1v) is 9.85. The fourth-order valence-corrected chi connectivity index (χ4v) is 3.16. The van der Waals surface area contributed by atoms with Gasteiger partial charge in [-0.2, -0.15) is 0 Å². The molecule has 0 saturated heterocycles. The molecule has 2 aromatic carbocycles. The molecule has 0 aliphatic rings. The Kier molecular flexibility index (Phi) is 6.51. The quantitative estimate of drug-likeness (QED) is 0.433. The summed E-state index contributed by atoms with van der Waals surface area (Å²) in [5.41, 5.74) is 3.96. The van der Waals surface area contributed by atoms with Gasteiger partial charge in [-0.25, -0.2) is 4.79 Å². The van der Waals surface area contributed by atoms with Gasteiger partial charge >= 0.3 is 6.03 Å². The van der Waals surface area contributed by atoms with Gasteiger partial charge in [0.25, 0.3) is 5.69 Å². The first-order valence-electron chi connectivity index (χ1n) is 9.85. The van der Waals surface area contributed by atoms with Crippen LogP contribution in [-0.4, -0.2) is 26.5 Å². The number of aryl methyl sites for hydroxylation is 1. The number of hydrogen-bond donors (Lipinski definition) is 1. The molecule has 3 aromatic rings. The van der Waals surface area contributed by atoms with E-state index in [1.54, 1.807) is 4.90 Å². The van der Waals surface area contributed by atoms with E-state index in [0.29, 0.717) is 12.2 Å². The van der Waals surface area contributed by atoms with Crippen molar-refractivity contribution in [3.8, 4) is 0 Å². The van der Waals surface area contributed by atoms with Gasteiger partial charge < -0.3 is 14.8 Å². The normalized spacial score (nSPS) is 10.8. The highest BCUT2D eigenvalue weighted by atomic mass is 16.6. The predicted molar refractivity (Wildman–Crippen MR) is 118 cm³/mol. The van der Waals surface area contributed by atoms with Crippen LogP contribution in [0.3, 0.4) is 0 Å². The maximum absolute atomic E-state index is 12.9. The summed E-state index contributed by atoms with van der Waals surface area (Å²) in [5.74, 6) is 0. The van der Waals surface area contributed by atoms with Crippen LogP contribution in [0.4, 0.5) is 16.2 Å². The highest BCUT2D eigenvalue weighted by Crippen LogP contribution is 2.18. The average Bonchev–Trinajstić information content (AvgIpc) is 3.14. The van der Waals surface area contributed by atoms with Crippen LogP contribution in [-0.2, 0) is 13.1 Å². The van der Waals surface area contributed by atoms with Gasteiger partial charge in [0.05, 0.1) is 11.5 Å². The van der Waals surface area contributed by atoms with Crippen molar-refractivity contribution in [3.05, 3.63) is 93.8 Å². The van der Waals surface area contributed by atoms with Crippen LogP contribution in [0.15, 0.2) is 66.9 Å². The van der Waals surface area contributed by atoms with Crippen molar-refractivity contribution in [1.29, 1.82) is 0 Å². The van der Waals surface area contributed by atoms with Gasteiger partial charge in [0, 0.05) is 42.3 Å². The monoisotopic (exact) mass is 406 g/mol. The number of nitrogens with one attached hydrogen (secondary N) is 1. The molecule has 0 spiro atoms. The second kappa shape index (κ2) is 9.26. The molecule has 1 heterocycles. The summed E-state index contributed by atoms with van der Waals surface area (Å²) in [6.07, 6.45) is 2.02. The summed E-state index contributed by atoms with van der Waals surface area (Å²) >= 11 is 0. The van der Waals surface area contributed by atoms with Crippen molar-refractivity contribution in [1.82, 2.24) is 9.47 Å². The third kappa shape index (κ3) is 5.26. The van der Waals surface area contributed by atoms with E-state index in [1.807, 2.05) is 32.2 Å². The topological polar surface area (TPSA) is 80.4 Å². The number of nitro benzene ring substituents is 1. The number of carbonyl (C=O) groups excluding carboxylic acids is 1. The summed E-state index contributed by atoms with van der Waals surface area (Å²) in [7, 11) is 0. The molecule has 0 aliphatic heterocycles. The third-order valence-corrected chi connectivity index (χ3v) is 4.94. The standard InChI is InChI=1S/C23H26N4O3/c1-17(2)26(23(28)24-20-10-12-21(13-11-20)27(29)30)16-22-5-4-14-25(22)15-19-8-6-18(3)7-9-19/h4-14,17H,15-16H2,1-3H3,(H,24,28). The molecule has 1 aromatic heterocycles. The molecule has 7 nitrogen and oxygen atoms in total. The molecular weight excluding hydrogens is 380 g/mol. The summed E-state index contributed by atoms with van der Waals surface area (Å²) in [4.78, 5) is 24.9. The van der Waals surface area contributed by atoms with Crippen molar-refractivity contribution < 1.29 is 9.72 Å². The summed E-state index contributed by atoms with van der Waals surface area (Å²) in [6.45, 7) is 7.17. The second-order valence-corrected chi connectivity index (χ2v) is 7.57. The van der Waals surface area contributed by atoms with E-state index in [0.717, 1.165) is 12.2 Å². The number of rotatable bonds is 7. The molecule has 0 atom stereocenters. The molecule has 7 heteroatoms. The molecule has 0 aliphatic carbocycles. The van der Waals surface area contributed by atoms with Gasteiger partial charge in [0.15, 0.2) is 0 Å². The number of non-ortho nitro benzene ring substituents is 1. The number of amides is 2. The van der Waals surface area contributed by atoms with Crippen LogP contribution in [0.1, 0.15) is 30.7 Å². The lowest BCUT2D eigenvalue weighted by Gasteiger charge is -2.27. The molecule has 1 N–H and O–H groups in total. The van der Waals surface area contributed by atoms with Gasteiger partial charge in [-0.1, -0.05) is 29.8 Å². The Morgan fingerprint density at radius 2 is 1.77 bits per heavy atom. The molecule has 0 unspecified atom stereocenters. The minimum absolute atomic E-state index is 0.0114. The van der Waals surface area contributed by atoms with Crippen LogP contribution in [0.25, 0.3) is 0 Å². The van der Waals surface area contributed by atoms with Gasteiger partial charge in [-0.3, -0.25) is 10.1 Å². The van der Waals surface area contributed by atoms with E-state index in [1.165, 1.54) is 35.4 Å². The molecular formula is C23H26N4O3. The number of nitro groups is 1. The summed E-state index contributed by atoms with van der Waals surface area (Å²) in [6, 6.07) is 18.0. The predicted octanol–water partition coefficient (Wildman–Crippen LogP) is 5.20. The van der Waals surface area contributed by atoms with E-state index in [-0.39, 0.29) is 17.8 Å². The lowest BCUT2D eigenvalue weighted by molar-refractivity contribution is -0.384. The van der Waals surface area contributed by atoms with Crippen LogP contribution in [0.5, 0.6) is 0 Å². The zero-order valence-electron chi connectivity index (χ0n) is 17.4. The Morgan fingerprint density at radius 1 is 1.10 bits per heavy atom. The van der Waals surface area contributed by atoms with Gasteiger partial charge in [-0.05, 0) is 50.6 Å². The number of benzene rings is 2. The Labute approximate surface area is 176 Å². The van der Waals surface area contributed by atoms with Crippen molar-refractivity contribution in [2.24, 2.45) is 0 Å². The molecule has 156 valence electrons. The maximum Gasteiger partial charge on any atom is 0.322 e.